The molecule has 2 aliphatic rings. The third-order valence-electron chi connectivity index (χ3n) is 4.15. The van der Waals surface area contributed by atoms with Crippen LogP contribution in [0.3, 0.4) is 0 Å². The van der Waals surface area contributed by atoms with Crippen LogP contribution in [0.4, 0.5) is 0 Å². The van der Waals surface area contributed by atoms with Crippen molar-refractivity contribution < 1.29 is 9.84 Å². The molecule has 3 rings (SSSR count). The molecule has 1 saturated heterocycles. The van der Waals surface area contributed by atoms with Gasteiger partial charge in [-0.25, -0.2) is 0 Å². The summed E-state index contributed by atoms with van der Waals surface area (Å²) in [4.78, 5) is 2.56. The van der Waals surface area contributed by atoms with Crippen LogP contribution in [0, 0.1) is 0 Å². The van der Waals surface area contributed by atoms with Crippen molar-refractivity contribution in [2.45, 2.75) is 38.3 Å². The van der Waals surface area contributed by atoms with Crippen molar-refractivity contribution in [2.75, 3.05) is 19.7 Å². The van der Waals surface area contributed by atoms with Crippen molar-refractivity contribution in [1.29, 1.82) is 0 Å². The first-order valence-corrected chi connectivity index (χ1v) is 6.97. The number of ether oxygens (including phenoxy) is 1. The zero-order chi connectivity index (χ0) is 12.5. The van der Waals surface area contributed by atoms with E-state index in [0.29, 0.717) is 11.8 Å². The molecule has 1 aromatic rings. The number of hydrogen-bond donors (Lipinski definition) is 1. The Balaban J connectivity index is 0.00000133. The molecule has 1 heterocycles. The molecule has 0 saturated carbocycles. The summed E-state index contributed by atoms with van der Waals surface area (Å²) in [5.41, 5.74) is 2.54. The number of hydrogen-bond acceptors (Lipinski definition) is 3. The predicted molar refractivity (Wildman–Crippen MR) is 78.0 cm³/mol. The molecule has 0 amide bonds. The van der Waals surface area contributed by atoms with Gasteiger partial charge >= 0.3 is 0 Å². The van der Waals surface area contributed by atoms with Gasteiger partial charge in [-0.15, -0.1) is 12.4 Å². The van der Waals surface area contributed by atoms with E-state index in [-0.39, 0.29) is 18.5 Å². The average Bonchev–Trinajstić information content (AvgIpc) is 2.39. The highest BCUT2D eigenvalue weighted by Gasteiger charge is 2.36. The van der Waals surface area contributed by atoms with E-state index in [9.17, 15) is 5.11 Å². The maximum absolute atomic E-state index is 9.68. The lowest BCUT2D eigenvalue weighted by Gasteiger charge is -2.44. The van der Waals surface area contributed by atoms with Crippen LogP contribution in [0.1, 0.15) is 37.0 Å². The van der Waals surface area contributed by atoms with E-state index in [1.807, 2.05) is 12.1 Å². The van der Waals surface area contributed by atoms with Gasteiger partial charge < -0.3 is 9.84 Å². The van der Waals surface area contributed by atoms with Gasteiger partial charge in [-0.05, 0) is 49.1 Å². The van der Waals surface area contributed by atoms with Gasteiger partial charge in [0.25, 0.3) is 0 Å². The zero-order valence-electron chi connectivity index (χ0n) is 11.3. The molecule has 2 atom stereocenters. The van der Waals surface area contributed by atoms with E-state index in [4.69, 9.17) is 4.74 Å². The molecule has 2 unspecified atom stereocenters. The van der Waals surface area contributed by atoms with E-state index >= 15 is 0 Å². The van der Waals surface area contributed by atoms with E-state index in [0.717, 1.165) is 26.1 Å². The molecule has 1 N–H and O–H groups in total. The van der Waals surface area contributed by atoms with Gasteiger partial charge in [0.1, 0.15) is 5.75 Å². The number of benzene rings is 1. The zero-order valence-corrected chi connectivity index (χ0v) is 12.2. The number of aromatic hydroxyl groups is 1. The molecule has 106 valence electrons. The van der Waals surface area contributed by atoms with Gasteiger partial charge in [-0.2, -0.15) is 0 Å². The summed E-state index contributed by atoms with van der Waals surface area (Å²) in [5, 5.41) is 9.68. The molecule has 4 heteroatoms. The number of phenolic OH excluding ortho intramolecular Hbond substituents is 1. The monoisotopic (exact) mass is 283 g/mol. The molecule has 3 nitrogen and oxygen atoms in total. The lowest BCUT2D eigenvalue weighted by molar-refractivity contribution is -0.0801. The Morgan fingerprint density at radius 3 is 3.05 bits per heavy atom. The van der Waals surface area contributed by atoms with Gasteiger partial charge in [0.15, 0.2) is 0 Å². The third-order valence-corrected chi connectivity index (χ3v) is 4.15. The Labute approximate surface area is 121 Å². The molecule has 1 aliphatic carbocycles. The fraction of sp³-hybridized carbons (Fsp3) is 0.600. The minimum absolute atomic E-state index is 0. The van der Waals surface area contributed by atoms with Crippen LogP contribution < -0.4 is 0 Å². The highest BCUT2D eigenvalue weighted by molar-refractivity contribution is 5.85. The minimum atomic E-state index is 0. The summed E-state index contributed by atoms with van der Waals surface area (Å²) in [6, 6.07) is 6.21. The topological polar surface area (TPSA) is 32.7 Å². The molecule has 1 aliphatic heterocycles. The molecule has 0 bridgehead atoms. The fourth-order valence-electron chi connectivity index (χ4n) is 3.34. The largest absolute Gasteiger partial charge is 0.508 e. The second-order valence-electron chi connectivity index (χ2n) is 5.32. The Morgan fingerprint density at radius 1 is 1.42 bits per heavy atom. The first-order valence-electron chi connectivity index (χ1n) is 6.97. The summed E-state index contributed by atoms with van der Waals surface area (Å²) in [5.74, 6) is 0.352. The number of nitrogens with zero attached hydrogens (tertiary/aromatic N) is 1. The molecule has 19 heavy (non-hydrogen) atoms. The second-order valence-corrected chi connectivity index (χ2v) is 5.32. The summed E-state index contributed by atoms with van der Waals surface area (Å²) in [6.45, 7) is 5.23. The SMILES string of the molecule is CCCN1CCOC2c3cc(O)ccc3CCC21.Cl. The van der Waals surface area contributed by atoms with Crippen molar-refractivity contribution in [3.8, 4) is 5.75 Å². The molecule has 1 aromatic carbocycles. The number of morpholine rings is 1. The van der Waals surface area contributed by atoms with Gasteiger partial charge in [0.2, 0.25) is 0 Å². The van der Waals surface area contributed by atoms with Gasteiger partial charge in [-0.1, -0.05) is 13.0 Å². The minimum Gasteiger partial charge on any atom is -0.508 e. The standard InChI is InChI=1S/C15H21NO2.ClH/c1-2-7-16-8-9-18-15-13-10-12(17)5-3-11(13)4-6-14(15)16;/h3,5,10,14-15,17H,2,4,6-9H2,1H3;1H. The van der Waals surface area contributed by atoms with Crippen molar-refractivity contribution in [2.24, 2.45) is 0 Å². The van der Waals surface area contributed by atoms with Gasteiger partial charge in [0.05, 0.1) is 12.7 Å². The molecule has 0 spiro atoms. The first-order chi connectivity index (χ1) is 8.79. The van der Waals surface area contributed by atoms with Crippen LogP contribution in [0.5, 0.6) is 5.75 Å². The molecular formula is C15H22ClNO2. The van der Waals surface area contributed by atoms with E-state index in [1.165, 1.54) is 24.0 Å². The number of rotatable bonds is 2. The summed E-state index contributed by atoms with van der Waals surface area (Å²) >= 11 is 0. The van der Waals surface area contributed by atoms with Gasteiger partial charge in [0, 0.05) is 12.6 Å². The van der Waals surface area contributed by atoms with E-state index < -0.39 is 0 Å². The summed E-state index contributed by atoms with van der Waals surface area (Å²) in [7, 11) is 0. The van der Waals surface area contributed by atoms with Crippen LogP contribution in [0.25, 0.3) is 0 Å². The van der Waals surface area contributed by atoms with Gasteiger partial charge in [-0.3, -0.25) is 4.90 Å². The van der Waals surface area contributed by atoms with Crippen molar-refractivity contribution in [1.82, 2.24) is 4.90 Å². The number of phenols is 1. The number of aryl methyl sites for hydroxylation is 1. The van der Waals surface area contributed by atoms with Crippen LogP contribution in [-0.4, -0.2) is 35.7 Å². The summed E-state index contributed by atoms with van der Waals surface area (Å²) < 4.78 is 5.99. The summed E-state index contributed by atoms with van der Waals surface area (Å²) in [6.07, 6.45) is 3.61. The quantitative estimate of drug-likeness (QED) is 0.906. The van der Waals surface area contributed by atoms with Crippen LogP contribution in [0.15, 0.2) is 18.2 Å². The van der Waals surface area contributed by atoms with Crippen molar-refractivity contribution >= 4 is 12.4 Å². The maximum atomic E-state index is 9.68. The van der Waals surface area contributed by atoms with Crippen LogP contribution >= 0.6 is 12.4 Å². The Bertz CT molecular complexity index is 436. The second kappa shape index (κ2) is 6.12. The molecule has 0 radical (unpaired) electrons. The van der Waals surface area contributed by atoms with E-state index in [1.54, 1.807) is 6.07 Å². The Kier molecular flexibility index (Phi) is 4.71. The maximum Gasteiger partial charge on any atom is 0.115 e. The third kappa shape index (κ3) is 2.73. The highest BCUT2D eigenvalue weighted by atomic mass is 35.5. The fourth-order valence-corrected chi connectivity index (χ4v) is 3.34. The number of fused-ring (bicyclic) bond motifs is 3. The smallest absolute Gasteiger partial charge is 0.115 e. The van der Waals surface area contributed by atoms with Crippen LogP contribution in [0.2, 0.25) is 0 Å². The average molecular weight is 284 g/mol. The lowest BCUT2D eigenvalue weighted by atomic mass is 9.84. The normalized spacial score (nSPS) is 26.2. The van der Waals surface area contributed by atoms with Crippen molar-refractivity contribution in [3.63, 3.8) is 0 Å². The molecule has 0 aromatic heterocycles. The van der Waals surface area contributed by atoms with Crippen molar-refractivity contribution in [3.05, 3.63) is 29.3 Å². The lowest BCUT2D eigenvalue weighted by Crippen LogP contribution is -2.49. The Morgan fingerprint density at radius 2 is 2.26 bits per heavy atom. The predicted octanol–water partition coefficient (Wildman–Crippen LogP) is 2.91. The van der Waals surface area contributed by atoms with Crippen LogP contribution in [-0.2, 0) is 11.2 Å². The molecular weight excluding hydrogens is 262 g/mol. The number of halogens is 1. The molecule has 1 fully saturated rings. The highest BCUT2D eigenvalue weighted by Crippen LogP contribution is 2.39. The Hall–Kier alpha value is -0.770. The van der Waals surface area contributed by atoms with E-state index in [2.05, 4.69) is 11.8 Å². The first kappa shape index (κ1) is 14.6.